The van der Waals surface area contributed by atoms with Crippen LogP contribution in [0.25, 0.3) is 0 Å². The van der Waals surface area contributed by atoms with Crippen LogP contribution >= 0.6 is 0 Å². The van der Waals surface area contributed by atoms with Crippen molar-refractivity contribution in [1.82, 2.24) is 4.90 Å². The Balaban J connectivity index is 2.39. The Labute approximate surface area is 114 Å². The molecule has 1 saturated heterocycles. The van der Waals surface area contributed by atoms with Gasteiger partial charge in [-0.2, -0.15) is 5.26 Å². The van der Waals surface area contributed by atoms with Gasteiger partial charge in [-0.3, -0.25) is 9.69 Å². The predicted molar refractivity (Wildman–Crippen MR) is 71.1 cm³/mol. The second kappa shape index (κ2) is 4.72. The first kappa shape index (κ1) is 14.2. The lowest BCUT2D eigenvalue weighted by Gasteiger charge is -2.53. The molecule has 0 radical (unpaired) electrons. The molecule has 1 heterocycles. The Kier molecular flexibility index (Phi) is 3.53. The number of alkyl halides is 1. The fourth-order valence-corrected chi connectivity index (χ4v) is 3.94. The van der Waals surface area contributed by atoms with Gasteiger partial charge in [-0.15, -0.1) is 0 Å². The number of likely N-dealkylation sites (tertiary alicyclic amines) is 1. The molecule has 1 aliphatic heterocycles. The number of fused-ring (bicyclic) bond motifs is 1. The Bertz CT molecular complexity index is 463. The van der Waals surface area contributed by atoms with E-state index in [-0.39, 0.29) is 29.4 Å². The number of piperidine rings is 1. The molecule has 0 unspecified atom stereocenters. The van der Waals surface area contributed by atoms with Crippen molar-refractivity contribution in [2.75, 3.05) is 26.3 Å². The van der Waals surface area contributed by atoms with Crippen LogP contribution in [0.1, 0.15) is 27.2 Å². The molecule has 0 spiro atoms. The van der Waals surface area contributed by atoms with E-state index in [0.717, 1.165) is 19.5 Å². The number of ketones is 1. The first-order valence-electron chi connectivity index (χ1n) is 6.81. The highest BCUT2D eigenvalue weighted by Crippen LogP contribution is 2.51. The van der Waals surface area contributed by atoms with Crippen molar-refractivity contribution in [3.8, 4) is 6.07 Å². The van der Waals surface area contributed by atoms with E-state index in [4.69, 9.17) is 5.26 Å². The monoisotopic (exact) mass is 264 g/mol. The fraction of sp³-hybridized carbons (Fsp3) is 0.733. The summed E-state index contributed by atoms with van der Waals surface area (Å²) in [6, 6.07) is 2.03. The van der Waals surface area contributed by atoms with Crippen LogP contribution < -0.4 is 0 Å². The zero-order chi connectivity index (χ0) is 14.3. The summed E-state index contributed by atoms with van der Waals surface area (Å²) in [5, 5.41) is 9.15. The summed E-state index contributed by atoms with van der Waals surface area (Å²) in [7, 11) is 0. The zero-order valence-corrected chi connectivity index (χ0v) is 11.9. The minimum absolute atomic E-state index is 0.0450. The van der Waals surface area contributed by atoms with Gasteiger partial charge in [0.15, 0.2) is 5.78 Å². The first-order chi connectivity index (χ1) is 8.85. The van der Waals surface area contributed by atoms with Gasteiger partial charge in [0.05, 0.1) is 5.57 Å². The Hall–Kier alpha value is -1.21. The number of rotatable bonds is 2. The molecule has 4 heteroatoms. The molecule has 0 aromatic carbocycles. The maximum absolute atomic E-state index is 12.5. The van der Waals surface area contributed by atoms with E-state index in [1.807, 2.05) is 26.0 Å². The number of nitrogens with zero attached hydrogens (tertiary/aromatic N) is 2. The Morgan fingerprint density at radius 3 is 2.79 bits per heavy atom. The quantitative estimate of drug-likeness (QED) is 0.769. The number of hydrogen-bond acceptors (Lipinski definition) is 3. The Morgan fingerprint density at radius 2 is 2.21 bits per heavy atom. The number of nitriles is 1. The summed E-state index contributed by atoms with van der Waals surface area (Å²) in [6.07, 6.45) is 2.71. The number of carbonyl (C=O) groups excluding carboxylic acids is 1. The predicted octanol–water partition coefficient (Wildman–Crippen LogP) is 2.34. The standard InChI is InChI=1S/C15H21FN2O/c1-14(2)12-4-6-18(7-5-16)10-15(12,3)8-11(9-17)13(14)19/h8,12H,4-7,10H2,1-3H3/t12-,15+/m1/s1. The summed E-state index contributed by atoms with van der Waals surface area (Å²) < 4.78 is 12.5. The highest BCUT2D eigenvalue weighted by molar-refractivity contribution is 6.04. The largest absolute Gasteiger partial charge is 0.300 e. The van der Waals surface area contributed by atoms with Crippen molar-refractivity contribution in [2.45, 2.75) is 27.2 Å². The van der Waals surface area contributed by atoms with Crippen LogP contribution in [0.2, 0.25) is 0 Å². The molecule has 1 aliphatic carbocycles. The van der Waals surface area contributed by atoms with E-state index in [9.17, 15) is 9.18 Å². The number of Topliss-reactive ketones (excluding diaryl/α,β-unsaturated/α-hetero) is 1. The molecule has 2 rings (SSSR count). The third-order valence-corrected chi connectivity index (χ3v) is 4.79. The first-order valence-corrected chi connectivity index (χ1v) is 6.81. The topological polar surface area (TPSA) is 44.1 Å². The maximum Gasteiger partial charge on any atom is 0.178 e. The van der Waals surface area contributed by atoms with E-state index in [2.05, 4.69) is 11.8 Å². The molecule has 0 aromatic rings. The van der Waals surface area contributed by atoms with Gasteiger partial charge >= 0.3 is 0 Å². The normalized spacial score (nSPS) is 34.4. The molecule has 0 aromatic heterocycles. The lowest BCUT2D eigenvalue weighted by Crippen LogP contribution is -2.55. The molecular formula is C15H21FN2O. The summed E-state index contributed by atoms with van der Waals surface area (Å²) in [4.78, 5) is 14.4. The molecular weight excluding hydrogens is 243 g/mol. The van der Waals surface area contributed by atoms with E-state index >= 15 is 0 Å². The van der Waals surface area contributed by atoms with Gasteiger partial charge < -0.3 is 0 Å². The highest BCUT2D eigenvalue weighted by atomic mass is 19.1. The zero-order valence-electron chi connectivity index (χ0n) is 11.9. The lowest BCUT2D eigenvalue weighted by atomic mass is 9.55. The highest BCUT2D eigenvalue weighted by Gasteiger charge is 2.53. The molecule has 0 N–H and O–H groups in total. The Morgan fingerprint density at radius 1 is 1.53 bits per heavy atom. The van der Waals surface area contributed by atoms with Gasteiger partial charge in [0.1, 0.15) is 12.7 Å². The molecule has 0 amide bonds. The minimum atomic E-state index is -0.504. The molecule has 0 bridgehead atoms. The minimum Gasteiger partial charge on any atom is -0.300 e. The number of hydrogen-bond donors (Lipinski definition) is 0. The van der Waals surface area contributed by atoms with Crippen LogP contribution in [-0.2, 0) is 4.79 Å². The third-order valence-electron chi connectivity index (χ3n) is 4.79. The van der Waals surface area contributed by atoms with E-state index < -0.39 is 5.41 Å². The maximum atomic E-state index is 12.5. The molecule has 104 valence electrons. The van der Waals surface area contributed by atoms with Gasteiger partial charge in [-0.25, -0.2) is 4.39 Å². The van der Waals surface area contributed by atoms with E-state index in [1.165, 1.54) is 0 Å². The van der Waals surface area contributed by atoms with Crippen LogP contribution in [0.3, 0.4) is 0 Å². The molecule has 19 heavy (non-hydrogen) atoms. The second-order valence-corrected chi connectivity index (χ2v) is 6.53. The van der Waals surface area contributed by atoms with Crippen molar-refractivity contribution >= 4 is 5.78 Å². The number of carbonyl (C=O) groups is 1. The lowest BCUT2D eigenvalue weighted by molar-refractivity contribution is -0.132. The van der Waals surface area contributed by atoms with Gasteiger partial charge in [-0.1, -0.05) is 26.8 Å². The van der Waals surface area contributed by atoms with E-state index in [1.54, 1.807) is 0 Å². The molecule has 2 aliphatic rings. The van der Waals surface area contributed by atoms with Gasteiger partial charge in [0, 0.05) is 23.9 Å². The summed E-state index contributed by atoms with van der Waals surface area (Å²) in [5.41, 5.74) is -0.447. The number of allylic oxidation sites excluding steroid dienone is 1. The van der Waals surface area contributed by atoms with Crippen molar-refractivity contribution < 1.29 is 9.18 Å². The summed E-state index contributed by atoms with van der Waals surface area (Å²) in [5.74, 6) is 0.178. The smallest absolute Gasteiger partial charge is 0.178 e. The van der Waals surface area contributed by atoms with Gasteiger partial charge in [0.25, 0.3) is 0 Å². The summed E-state index contributed by atoms with van der Waals surface area (Å²) >= 11 is 0. The van der Waals surface area contributed by atoms with Crippen LogP contribution in [0.15, 0.2) is 11.6 Å². The molecule has 1 fully saturated rings. The van der Waals surface area contributed by atoms with Crippen LogP contribution in [-0.4, -0.2) is 37.0 Å². The molecule has 2 atom stereocenters. The van der Waals surface area contributed by atoms with Crippen molar-refractivity contribution in [2.24, 2.45) is 16.7 Å². The van der Waals surface area contributed by atoms with Crippen molar-refractivity contribution in [3.05, 3.63) is 11.6 Å². The third kappa shape index (κ3) is 2.21. The van der Waals surface area contributed by atoms with Crippen LogP contribution in [0.4, 0.5) is 4.39 Å². The van der Waals surface area contributed by atoms with Crippen LogP contribution in [0.5, 0.6) is 0 Å². The average Bonchev–Trinajstić information content (AvgIpc) is 2.34. The van der Waals surface area contributed by atoms with Crippen molar-refractivity contribution in [3.63, 3.8) is 0 Å². The molecule has 0 saturated carbocycles. The molecule has 3 nitrogen and oxygen atoms in total. The SMILES string of the molecule is CC1(C)C(=O)C(C#N)=C[C@@]2(C)CN(CCF)CC[C@H]12. The van der Waals surface area contributed by atoms with Crippen molar-refractivity contribution in [1.29, 1.82) is 5.26 Å². The number of halogens is 1. The van der Waals surface area contributed by atoms with E-state index in [0.29, 0.717) is 6.54 Å². The van der Waals surface area contributed by atoms with Crippen LogP contribution in [0, 0.1) is 28.1 Å². The van der Waals surface area contributed by atoms with Gasteiger partial charge in [-0.05, 0) is 18.9 Å². The average molecular weight is 264 g/mol. The summed E-state index contributed by atoms with van der Waals surface area (Å²) in [6.45, 7) is 7.61. The fourth-order valence-electron chi connectivity index (χ4n) is 3.94. The second-order valence-electron chi connectivity index (χ2n) is 6.53. The van der Waals surface area contributed by atoms with Gasteiger partial charge in [0.2, 0.25) is 0 Å².